The highest BCUT2D eigenvalue weighted by atomic mass is 79.9. The largest absolute Gasteiger partial charge is 0.351 e. The van der Waals surface area contributed by atoms with Gasteiger partial charge in [-0.1, -0.05) is 22.4 Å². The highest BCUT2D eigenvalue weighted by Crippen LogP contribution is 2.28. The number of hydrogen-bond acceptors (Lipinski definition) is 2. The first-order valence-electron chi connectivity index (χ1n) is 6.14. The van der Waals surface area contributed by atoms with Gasteiger partial charge in [0.2, 0.25) is 0 Å². The number of aryl methyl sites for hydroxylation is 1. The van der Waals surface area contributed by atoms with Crippen LogP contribution in [0, 0.1) is 12.8 Å². The summed E-state index contributed by atoms with van der Waals surface area (Å²) in [6, 6.07) is 3.90. The Labute approximate surface area is 115 Å². The molecular formula is C13H18BrNOS. The lowest BCUT2D eigenvalue weighted by molar-refractivity contribution is 0.0948. The molecule has 1 aliphatic carbocycles. The molecule has 1 aliphatic rings. The molecule has 94 valence electrons. The van der Waals surface area contributed by atoms with Gasteiger partial charge >= 0.3 is 0 Å². The van der Waals surface area contributed by atoms with Gasteiger partial charge < -0.3 is 5.32 Å². The fourth-order valence-electron chi connectivity index (χ4n) is 2.29. The third kappa shape index (κ3) is 3.81. The molecule has 17 heavy (non-hydrogen) atoms. The van der Waals surface area contributed by atoms with Crippen LogP contribution in [0.4, 0.5) is 0 Å². The van der Waals surface area contributed by atoms with Crippen LogP contribution in [0.1, 0.15) is 40.2 Å². The lowest BCUT2D eigenvalue weighted by Gasteiger charge is -2.25. The Morgan fingerprint density at radius 1 is 1.53 bits per heavy atom. The molecule has 2 rings (SSSR count). The summed E-state index contributed by atoms with van der Waals surface area (Å²) in [5.41, 5.74) is 0. The summed E-state index contributed by atoms with van der Waals surface area (Å²) >= 11 is 5.23. The Kier molecular flexibility index (Phi) is 4.62. The molecule has 1 N–H and O–H groups in total. The number of carbonyl (C=O) groups is 1. The van der Waals surface area contributed by atoms with Crippen LogP contribution in [-0.4, -0.2) is 17.3 Å². The Bertz CT molecular complexity index is 391. The van der Waals surface area contributed by atoms with Crippen molar-refractivity contribution in [1.82, 2.24) is 5.32 Å². The molecule has 0 spiro atoms. The van der Waals surface area contributed by atoms with E-state index >= 15 is 0 Å². The first kappa shape index (κ1) is 13.1. The van der Waals surface area contributed by atoms with Crippen LogP contribution in [0.2, 0.25) is 0 Å². The van der Waals surface area contributed by atoms with Crippen molar-refractivity contribution >= 4 is 33.2 Å². The summed E-state index contributed by atoms with van der Waals surface area (Å²) in [5.74, 6) is 0.720. The predicted octanol–water partition coefficient (Wildman–Crippen LogP) is 3.74. The van der Waals surface area contributed by atoms with E-state index in [4.69, 9.17) is 0 Å². The lowest BCUT2D eigenvalue weighted by atomic mass is 9.89. The van der Waals surface area contributed by atoms with Crippen LogP contribution in [0.25, 0.3) is 0 Å². The van der Waals surface area contributed by atoms with Crippen molar-refractivity contribution in [3.63, 3.8) is 0 Å². The minimum atomic E-state index is 0.0831. The molecule has 0 radical (unpaired) electrons. The molecule has 0 aromatic carbocycles. The van der Waals surface area contributed by atoms with Crippen LogP contribution in [0.5, 0.6) is 0 Å². The maximum atomic E-state index is 11.9. The van der Waals surface area contributed by atoms with E-state index in [1.807, 2.05) is 19.1 Å². The Morgan fingerprint density at radius 3 is 3.00 bits per heavy atom. The average molecular weight is 316 g/mol. The molecule has 4 heteroatoms. The van der Waals surface area contributed by atoms with E-state index in [0.717, 1.165) is 11.4 Å². The molecule has 1 aromatic heterocycles. The number of amides is 1. The van der Waals surface area contributed by atoms with Crippen LogP contribution in [0.15, 0.2) is 12.1 Å². The highest BCUT2D eigenvalue weighted by molar-refractivity contribution is 9.09. The van der Waals surface area contributed by atoms with Crippen molar-refractivity contribution in [2.45, 2.75) is 37.4 Å². The van der Waals surface area contributed by atoms with Gasteiger partial charge in [-0.05, 0) is 44.2 Å². The SMILES string of the molecule is Cc1ccc(C(=O)NCC2CCCC(Br)C2)s1. The molecule has 2 unspecified atom stereocenters. The second-order valence-electron chi connectivity index (χ2n) is 4.75. The molecule has 2 atom stereocenters. The summed E-state index contributed by atoms with van der Waals surface area (Å²) in [6.07, 6.45) is 4.97. The molecule has 1 aromatic rings. The lowest BCUT2D eigenvalue weighted by Crippen LogP contribution is -2.31. The minimum absolute atomic E-state index is 0.0831. The van der Waals surface area contributed by atoms with Gasteiger partial charge in [-0.2, -0.15) is 0 Å². The number of hydrogen-bond donors (Lipinski definition) is 1. The molecule has 1 fully saturated rings. The van der Waals surface area contributed by atoms with E-state index in [2.05, 4.69) is 21.2 Å². The molecule has 2 nitrogen and oxygen atoms in total. The van der Waals surface area contributed by atoms with Gasteiger partial charge in [-0.3, -0.25) is 4.79 Å². The van der Waals surface area contributed by atoms with Gasteiger partial charge in [0, 0.05) is 16.2 Å². The standard InChI is InChI=1S/C13H18BrNOS/c1-9-5-6-12(17-9)13(16)15-8-10-3-2-4-11(14)7-10/h5-6,10-11H,2-4,7-8H2,1H3,(H,15,16). The number of thiophene rings is 1. The number of halogens is 1. The minimum Gasteiger partial charge on any atom is -0.351 e. The number of alkyl halides is 1. The molecule has 1 saturated carbocycles. The van der Waals surface area contributed by atoms with Gasteiger partial charge in [0.05, 0.1) is 4.88 Å². The molecule has 1 heterocycles. The number of nitrogens with one attached hydrogen (secondary N) is 1. The third-order valence-corrected chi connectivity index (χ3v) is 5.07. The first-order chi connectivity index (χ1) is 8.15. The van der Waals surface area contributed by atoms with Gasteiger partial charge in [0.25, 0.3) is 5.91 Å². The smallest absolute Gasteiger partial charge is 0.261 e. The maximum absolute atomic E-state index is 11.9. The maximum Gasteiger partial charge on any atom is 0.261 e. The van der Waals surface area contributed by atoms with E-state index in [0.29, 0.717) is 10.7 Å². The van der Waals surface area contributed by atoms with Gasteiger partial charge in [-0.15, -0.1) is 11.3 Å². The van der Waals surface area contributed by atoms with Crippen molar-refractivity contribution in [3.05, 3.63) is 21.9 Å². The van der Waals surface area contributed by atoms with E-state index in [1.165, 1.54) is 30.6 Å². The van der Waals surface area contributed by atoms with E-state index in [1.54, 1.807) is 11.3 Å². The zero-order valence-corrected chi connectivity index (χ0v) is 12.4. The monoisotopic (exact) mass is 315 g/mol. The zero-order chi connectivity index (χ0) is 12.3. The Balaban J connectivity index is 1.80. The summed E-state index contributed by atoms with van der Waals surface area (Å²) < 4.78 is 0. The quantitative estimate of drug-likeness (QED) is 0.846. The van der Waals surface area contributed by atoms with Crippen LogP contribution in [-0.2, 0) is 0 Å². The molecule has 0 aliphatic heterocycles. The van der Waals surface area contributed by atoms with Crippen LogP contribution < -0.4 is 5.32 Å². The fraction of sp³-hybridized carbons (Fsp3) is 0.615. The van der Waals surface area contributed by atoms with Crippen molar-refractivity contribution in [2.75, 3.05) is 6.54 Å². The topological polar surface area (TPSA) is 29.1 Å². The van der Waals surface area contributed by atoms with Gasteiger partial charge in [-0.25, -0.2) is 0 Å². The summed E-state index contributed by atoms with van der Waals surface area (Å²) in [4.78, 5) is 14.5. The summed E-state index contributed by atoms with van der Waals surface area (Å²) in [6.45, 7) is 2.84. The Hall–Kier alpha value is -0.350. The van der Waals surface area contributed by atoms with Crippen LogP contribution in [0.3, 0.4) is 0 Å². The molecule has 0 bridgehead atoms. The van der Waals surface area contributed by atoms with E-state index in [9.17, 15) is 4.79 Å². The number of rotatable bonds is 3. The van der Waals surface area contributed by atoms with Crippen molar-refractivity contribution in [3.8, 4) is 0 Å². The molecular weight excluding hydrogens is 298 g/mol. The van der Waals surface area contributed by atoms with Gasteiger partial charge in [0.1, 0.15) is 0 Å². The van der Waals surface area contributed by atoms with Crippen molar-refractivity contribution in [2.24, 2.45) is 5.92 Å². The summed E-state index contributed by atoms with van der Waals surface area (Å²) in [7, 11) is 0. The highest BCUT2D eigenvalue weighted by Gasteiger charge is 2.20. The predicted molar refractivity (Wildman–Crippen MR) is 76.1 cm³/mol. The van der Waals surface area contributed by atoms with Crippen molar-refractivity contribution in [1.29, 1.82) is 0 Å². The van der Waals surface area contributed by atoms with Crippen molar-refractivity contribution < 1.29 is 4.79 Å². The summed E-state index contributed by atoms with van der Waals surface area (Å²) in [5, 5.41) is 3.05. The molecule has 1 amide bonds. The normalized spacial score (nSPS) is 24.6. The van der Waals surface area contributed by atoms with E-state index < -0.39 is 0 Å². The average Bonchev–Trinajstić information content (AvgIpc) is 2.73. The Morgan fingerprint density at radius 2 is 2.35 bits per heavy atom. The zero-order valence-electron chi connectivity index (χ0n) is 10.0. The first-order valence-corrected chi connectivity index (χ1v) is 7.87. The molecule has 0 saturated heterocycles. The second kappa shape index (κ2) is 6.01. The van der Waals surface area contributed by atoms with Crippen LogP contribution >= 0.6 is 27.3 Å². The second-order valence-corrected chi connectivity index (χ2v) is 7.33. The van der Waals surface area contributed by atoms with Gasteiger partial charge in [0.15, 0.2) is 0 Å². The third-order valence-electron chi connectivity index (χ3n) is 3.23. The fourth-order valence-corrected chi connectivity index (χ4v) is 3.93. The van der Waals surface area contributed by atoms with E-state index in [-0.39, 0.29) is 5.91 Å². The number of carbonyl (C=O) groups excluding carboxylic acids is 1.